The van der Waals surface area contributed by atoms with Gasteiger partial charge >= 0.3 is 0 Å². The van der Waals surface area contributed by atoms with E-state index < -0.39 is 0 Å². The molecule has 3 aliphatic heterocycles. The number of amides is 1. The Morgan fingerprint density at radius 2 is 1.95 bits per heavy atom. The number of Topliss-reactive ketones (excluding diaryl/α,β-unsaturated/α-hetero) is 1. The molecule has 38 heavy (non-hydrogen) atoms. The van der Waals surface area contributed by atoms with Crippen molar-refractivity contribution in [3.05, 3.63) is 58.5 Å². The van der Waals surface area contributed by atoms with Gasteiger partial charge in [0.15, 0.2) is 5.78 Å². The van der Waals surface area contributed by atoms with Crippen LogP contribution in [0.15, 0.2) is 30.5 Å². The quantitative estimate of drug-likeness (QED) is 0.517. The van der Waals surface area contributed by atoms with Crippen molar-refractivity contribution in [1.29, 1.82) is 0 Å². The summed E-state index contributed by atoms with van der Waals surface area (Å²) >= 11 is 0. The number of fused-ring (bicyclic) bond motifs is 2. The summed E-state index contributed by atoms with van der Waals surface area (Å²) in [5.74, 6) is 1.24. The number of ether oxygens (including phenoxy) is 1. The Kier molecular flexibility index (Phi) is 5.42. The van der Waals surface area contributed by atoms with Gasteiger partial charge < -0.3 is 20.3 Å². The van der Waals surface area contributed by atoms with Gasteiger partial charge in [-0.15, -0.1) is 0 Å². The number of rotatable bonds is 6. The second-order valence-electron chi connectivity index (χ2n) is 11.4. The normalized spacial score (nSPS) is 19.7. The van der Waals surface area contributed by atoms with Crippen molar-refractivity contribution in [2.45, 2.75) is 51.2 Å². The van der Waals surface area contributed by atoms with E-state index in [0.29, 0.717) is 36.1 Å². The Labute approximate surface area is 221 Å². The molecule has 4 aliphatic rings. The smallest absolute Gasteiger partial charge is 0.254 e. The Morgan fingerprint density at radius 1 is 1.13 bits per heavy atom. The van der Waals surface area contributed by atoms with Crippen molar-refractivity contribution < 1.29 is 14.3 Å². The van der Waals surface area contributed by atoms with Gasteiger partial charge in [-0.1, -0.05) is 12.1 Å². The molecule has 1 spiro atoms. The van der Waals surface area contributed by atoms with E-state index in [-0.39, 0.29) is 17.1 Å². The highest BCUT2D eigenvalue weighted by Gasteiger charge is 2.56. The summed E-state index contributed by atoms with van der Waals surface area (Å²) < 4.78 is 7.42. The van der Waals surface area contributed by atoms with Gasteiger partial charge in [0, 0.05) is 31.9 Å². The van der Waals surface area contributed by atoms with Crippen molar-refractivity contribution in [2.24, 2.45) is 5.41 Å². The fourth-order valence-electron chi connectivity index (χ4n) is 6.32. The molecule has 7 rings (SSSR count). The lowest BCUT2D eigenvalue weighted by molar-refractivity contribution is 0.0849. The molecule has 1 aliphatic carbocycles. The van der Waals surface area contributed by atoms with Gasteiger partial charge in [-0.2, -0.15) is 5.10 Å². The number of hydrogen-bond acceptors (Lipinski definition) is 7. The van der Waals surface area contributed by atoms with Crippen molar-refractivity contribution in [3.63, 3.8) is 0 Å². The highest BCUT2D eigenvalue weighted by atomic mass is 16.5. The lowest BCUT2D eigenvalue weighted by atomic mass is 9.90. The maximum atomic E-state index is 13.2. The second-order valence-corrected chi connectivity index (χ2v) is 11.4. The third kappa shape index (κ3) is 3.75. The van der Waals surface area contributed by atoms with Crippen molar-refractivity contribution in [1.82, 2.24) is 25.0 Å². The zero-order valence-electron chi connectivity index (χ0n) is 21.8. The molecule has 0 unspecified atom stereocenters. The fourth-order valence-corrected chi connectivity index (χ4v) is 6.32. The molecule has 196 valence electrons. The summed E-state index contributed by atoms with van der Waals surface area (Å²) in [6.07, 6.45) is 5.66. The van der Waals surface area contributed by atoms with Crippen molar-refractivity contribution in [2.75, 3.05) is 32.6 Å². The predicted octanol–water partition coefficient (Wildman–Crippen LogP) is 3.86. The van der Waals surface area contributed by atoms with Crippen LogP contribution in [-0.4, -0.2) is 58.7 Å². The molecule has 0 atom stereocenters. The van der Waals surface area contributed by atoms with Crippen LogP contribution >= 0.6 is 0 Å². The molecule has 1 aromatic carbocycles. The van der Waals surface area contributed by atoms with Crippen LogP contribution < -0.4 is 10.6 Å². The molecule has 0 bridgehead atoms. The minimum atomic E-state index is -0.232. The third-order valence-electron chi connectivity index (χ3n) is 8.50. The number of carbonyl (C=O) groups excluding carboxylic acids is 2. The van der Waals surface area contributed by atoms with Crippen molar-refractivity contribution >= 4 is 23.2 Å². The van der Waals surface area contributed by atoms with Gasteiger partial charge in [0.1, 0.15) is 11.5 Å². The zero-order chi connectivity index (χ0) is 26.0. The first-order valence-corrected chi connectivity index (χ1v) is 13.5. The van der Waals surface area contributed by atoms with Gasteiger partial charge in [0.2, 0.25) is 0 Å². The molecule has 3 aromatic rings. The number of aromatic nitrogens is 3. The molecule has 5 heterocycles. The molecule has 9 heteroatoms. The molecule has 1 saturated heterocycles. The minimum absolute atomic E-state index is 0.120. The van der Waals surface area contributed by atoms with Crippen molar-refractivity contribution in [3.8, 4) is 11.1 Å². The molecular formula is C29H32N6O3. The molecule has 1 saturated carbocycles. The first-order chi connectivity index (χ1) is 18.4. The fraction of sp³-hybridized carbons (Fsp3) is 0.448. The Bertz CT molecular complexity index is 1470. The number of nitrogens with one attached hydrogen (secondary N) is 2. The molecule has 0 radical (unpaired) electrons. The van der Waals surface area contributed by atoms with E-state index in [1.807, 2.05) is 22.9 Å². The number of anilines is 2. The largest absolute Gasteiger partial charge is 0.381 e. The van der Waals surface area contributed by atoms with E-state index in [9.17, 15) is 9.59 Å². The van der Waals surface area contributed by atoms with Crippen LogP contribution in [0.5, 0.6) is 0 Å². The Balaban J connectivity index is 1.24. The molecule has 2 fully saturated rings. The summed E-state index contributed by atoms with van der Waals surface area (Å²) in [5, 5.41) is 10.9. The minimum Gasteiger partial charge on any atom is -0.381 e. The van der Waals surface area contributed by atoms with Gasteiger partial charge in [-0.25, -0.2) is 4.98 Å². The number of hydrogen-bond donors (Lipinski definition) is 2. The molecular weight excluding hydrogens is 480 g/mol. The van der Waals surface area contributed by atoms with Gasteiger partial charge in [0.25, 0.3) is 5.91 Å². The topological polar surface area (TPSA) is 101 Å². The molecule has 9 nitrogen and oxygen atoms in total. The van der Waals surface area contributed by atoms with Gasteiger partial charge in [0.05, 0.1) is 35.1 Å². The van der Waals surface area contributed by atoms with Crippen LogP contribution in [-0.2, 0) is 24.4 Å². The van der Waals surface area contributed by atoms with Gasteiger partial charge in [-0.05, 0) is 74.5 Å². The summed E-state index contributed by atoms with van der Waals surface area (Å²) in [7, 11) is 4.10. The van der Waals surface area contributed by atoms with Gasteiger partial charge in [-0.3, -0.25) is 14.3 Å². The van der Waals surface area contributed by atoms with Crippen LogP contribution in [0, 0.1) is 5.41 Å². The van der Waals surface area contributed by atoms with Crippen LogP contribution in [0.4, 0.5) is 11.5 Å². The predicted molar refractivity (Wildman–Crippen MR) is 143 cm³/mol. The highest BCUT2D eigenvalue weighted by Crippen LogP contribution is 2.54. The maximum absolute atomic E-state index is 13.2. The molecule has 2 N–H and O–H groups in total. The zero-order valence-corrected chi connectivity index (χ0v) is 21.8. The number of carbonyl (C=O) groups is 2. The third-order valence-corrected chi connectivity index (χ3v) is 8.50. The first-order valence-electron chi connectivity index (χ1n) is 13.5. The van der Waals surface area contributed by atoms with E-state index in [2.05, 4.69) is 40.8 Å². The van der Waals surface area contributed by atoms with Crippen LogP contribution in [0.25, 0.3) is 11.1 Å². The summed E-state index contributed by atoms with van der Waals surface area (Å²) in [4.78, 5) is 33.3. The van der Waals surface area contributed by atoms with Crippen LogP contribution in [0.3, 0.4) is 0 Å². The number of pyridine rings is 1. The average Bonchev–Trinajstić information content (AvgIpc) is 3.29. The first kappa shape index (κ1) is 23.5. The lowest BCUT2D eigenvalue weighted by Gasteiger charge is -2.25. The summed E-state index contributed by atoms with van der Waals surface area (Å²) in [6, 6.07) is 8.11. The van der Waals surface area contributed by atoms with Crippen LogP contribution in [0.2, 0.25) is 0 Å². The number of nitrogens with zero attached hydrogens (tertiary/aromatic N) is 4. The van der Waals surface area contributed by atoms with E-state index >= 15 is 0 Å². The highest BCUT2D eigenvalue weighted by molar-refractivity contribution is 6.10. The lowest BCUT2D eigenvalue weighted by Crippen LogP contribution is -2.19. The number of ketones is 1. The summed E-state index contributed by atoms with van der Waals surface area (Å²) in [5.41, 5.74) is 6.72. The average molecular weight is 513 g/mol. The van der Waals surface area contributed by atoms with E-state index in [4.69, 9.17) is 9.72 Å². The number of benzene rings is 1. The molecule has 1 amide bonds. The van der Waals surface area contributed by atoms with E-state index in [1.165, 1.54) is 5.56 Å². The molecule has 2 aromatic heterocycles. The Morgan fingerprint density at radius 3 is 2.71 bits per heavy atom. The van der Waals surface area contributed by atoms with Crippen LogP contribution in [0.1, 0.15) is 69.3 Å². The second kappa shape index (κ2) is 8.74. The monoisotopic (exact) mass is 512 g/mol. The van der Waals surface area contributed by atoms with E-state index in [1.54, 1.807) is 6.20 Å². The maximum Gasteiger partial charge on any atom is 0.254 e. The van der Waals surface area contributed by atoms with E-state index in [0.717, 1.165) is 73.5 Å². The standard InChI is InChI=1S/C29H32N6O3/c1-34(2)15-23-18(17-7-11-38-12-8-17)4-6-24(33-23)32-22-5-3-19(20-13-30-28(37)25(20)22)21-14-31-35-16-29(9-10-29)27(36)26(21)35/h3-6,14,17H,7-13,15-16H2,1-2H3,(H,30,37)(H,32,33). The summed E-state index contributed by atoms with van der Waals surface area (Å²) in [6.45, 7) is 3.40. The Hall–Kier alpha value is -3.56. The SMILES string of the molecule is CN(C)Cc1nc(Nc2ccc(-c3cnn4c3C(=O)C3(CC3)C4)c3c2C(=O)NC3)ccc1C1CCOCC1.